The number of thiocarbonyl (C=S) groups is 1. The molecule has 2 nitrogen and oxygen atoms in total. The van der Waals surface area contributed by atoms with Gasteiger partial charge in [0.05, 0.1) is 10.9 Å². The molecular formula is C11H10BrNOS2. The number of hydrogen-bond acceptors (Lipinski definition) is 3. The van der Waals surface area contributed by atoms with Crippen molar-refractivity contribution in [1.82, 2.24) is 0 Å². The molecule has 16 heavy (non-hydrogen) atoms. The molecule has 1 aromatic carbocycles. The third-order valence-corrected chi connectivity index (χ3v) is 4.58. The normalized spacial score (nSPS) is 20.6. The number of anilines is 1. The largest absolute Gasteiger partial charge is 0.273 e. The van der Waals surface area contributed by atoms with Crippen molar-refractivity contribution in [3.8, 4) is 0 Å². The van der Waals surface area contributed by atoms with Gasteiger partial charge in [-0.3, -0.25) is 9.69 Å². The first kappa shape index (κ1) is 12.1. The Bertz CT molecular complexity index is 432. The van der Waals surface area contributed by atoms with Crippen molar-refractivity contribution in [2.24, 2.45) is 0 Å². The molecule has 1 atom stereocenters. The summed E-state index contributed by atoms with van der Waals surface area (Å²) in [6.45, 7) is 2.00. The summed E-state index contributed by atoms with van der Waals surface area (Å²) in [5, 5.41) is -0.0175. The highest BCUT2D eigenvalue weighted by molar-refractivity contribution is 9.10. The molecule has 1 fully saturated rings. The molecular weight excluding hydrogens is 306 g/mol. The Labute approximate surface area is 113 Å². The Kier molecular flexibility index (Phi) is 3.66. The molecule has 2 rings (SSSR count). The van der Waals surface area contributed by atoms with Gasteiger partial charge >= 0.3 is 0 Å². The number of amides is 1. The maximum Gasteiger partial charge on any atom is 0.246 e. The molecule has 1 aromatic rings. The van der Waals surface area contributed by atoms with Gasteiger partial charge < -0.3 is 0 Å². The second-order valence-corrected chi connectivity index (χ2v) is 6.18. The average molecular weight is 316 g/mol. The first-order valence-electron chi connectivity index (χ1n) is 4.93. The molecule has 1 heterocycles. The van der Waals surface area contributed by atoms with Crippen LogP contribution in [0.5, 0.6) is 0 Å². The maximum atomic E-state index is 12.0. The van der Waals surface area contributed by atoms with Crippen LogP contribution in [-0.2, 0) is 4.79 Å². The molecule has 0 saturated carbocycles. The summed E-state index contributed by atoms with van der Waals surface area (Å²) in [6.07, 6.45) is 0.816. The topological polar surface area (TPSA) is 20.3 Å². The number of carbonyl (C=O) groups is 1. The van der Waals surface area contributed by atoms with Crippen molar-refractivity contribution in [3.05, 3.63) is 28.7 Å². The van der Waals surface area contributed by atoms with Crippen LogP contribution in [0, 0.1) is 0 Å². The van der Waals surface area contributed by atoms with E-state index in [9.17, 15) is 4.79 Å². The molecule has 1 amide bonds. The minimum absolute atomic E-state index is 0.0175. The molecule has 1 saturated heterocycles. The van der Waals surface area contributed by atoms with Crippen molar-refractivity contribution in [2.75, 3.05) is 4.90 Å². The van der Waals surface area contributed by atoms with Crippen molar-refractivity contribution < 1.29 is 4.79 Å². The molecule has 1 unspecified atom stereocenters. The van der Waals surface area contributed by atoms with Gasteiger partial charge in [0.1, 0.15) is 4.32 Å². The summed E-state index contributed by atoms with van der Waals surface area (Å²) in [4.78, 5) is 13.7. The zero-order valence-corrected chi connectivity index (χ0v) is 11.9. The van der Waals surface area contributed by atoms with Crippen LogP contribution in [0.3, 0.4) is 0 Å². The second kappa shape index (κ2) is 4.85. The van der Waals surface area contributed by atoms with Gasteiger partial charge in [-0.2, -0.15) is 0 Å². The van der Waals surface area contributed by atoms with E-state index in [1.165, 1.54) is 11.8 Å². The molecule has 84 valence electrons. The Morgan fingerprint density at radius 1 is 1.44 bits per heavy atom. The average Bonchev–Trinajstić information content (AvgIpc) is 2.56. The van der Waals surface area contributed by atoms with Crippen LogP contribution in [0.15, 0.2) is 28.7 Å². The highest BCUT2D eigenvalue weighted by Gasteiger charge is 2.36. The lowest BCUT2D eigenvalue weighted by atomic mass is 10.2. The summed E-state index contributed by atoms with van der Waals surface area (Å²) in [7, 11) is 0. The number of benzene rings is 1. The minimum Gasteiger partial charge on any atom is -0.273 e. The van der Waals surface area contributed by atoms with Gasteiger partial charge in [-0.05, 0) is 30.7 Å². The van der Waals surface area contributed by atoms with E-state index in [0.29, 0.717) is 4.32 Å². The van der Waals surface area contributed by atoms with Crippen molar-refractivity contribution in [1.29, 1.82) is 0 Å². The fourth-order valence-electron chi connectivity index (χ4n) is 1.54. The van der Waals surface area contributed by atoms with Gasteiger partial charge in [0.15, 0.2) is 0 Å². The fourth-order valence-corrected chi connectivity index (χ4v) is 3.26. The lowest BCUT2D eigenvalue weighted by molar-refractivity contribution is -0.116. The number of carbonyl (C=O) groups excluding carboxylic acids is 1. The number of rotatable bonds is 2. The van der Waals surface area contributed by atoms with Crippen LogP contribution in [0.1, 0.15) is 13.3 Å². The SMILES string of the molecule is CCC1SC(=S)N(c2ccc(Br)cc2)C1=O. The summed E-state index contributed by atoms with van der Waals surface area (Å²) < 4.78 is 1.65. The van der Waals surface area contributed by atoms with E-state index >= 15 is 0 Å². The van der Waals surface area contributed by atoms with Crippen molar-refractivity contribution >= 4 is 55.8 Å². The Morgan fingerprint density at radius 2 is 2.06 bits per heavy atom. The van der Waals surface area contributed by atoms with E-state index in [-0.39, 0.29) is 11.2 Å². The zero-order chi connectivity index (χ0) is 11.7. The van der Waals surface area contributed by atoms with Gasteiger partial charge in [-0.15, -0.1) is 0 Å². The fraction of sp³-hybridized carbons (Fsp3) is 0.273. The van der Waals surface area contributed by atoms with Crippen LogP contribution < -0.4 is 4.90 Å². The molecule has 5 heteroatoms. The quantitative estimate of drug-likeness (QED) is 0.778. The van der Waals surface area contributed by atoms with Crippen molar-refractivity contribution in [2.45, 2.75) is 18.6 Å². The highest BCUT2D eigenvalue weighted by atomic mass is 79.9. The number of thioether (sulfide) groups is 1. The molecule has 0 aliphatic carbocycles. The molecule has 0 N–H and O–H groups in total. The van der Waals surface area contributed by atoms with E-state index in [1.54, 1.807) is 4.90 Å². The number of halogens is 1. The first-order chi connectivity index (χ1) is 7.63. The van der Waals surface area contributed by atoms with E-state index in [2.05, 4.69) is 15.9 Å². The lowest BCUT2D eigenvalue weighted by Crippen LogP contribution is -2.30. The van der Waals surface area contributed by atoms with Crippen LogP contribution in [0.4, 0.5) is 5.69 Å². The summed E-state index contributed by atoms with van der Waals surface area (Å²) in [6, 6.07) is 7.62. The Hall–Kier alpha value is -0.390. The molecule has 0 spiro atoms. The van der Waals surface area contributed by atoms with Gasteiger partial charge in [-0.25, -0.2) is 0 Å². The predicted molar refractivity (Wildman–Crippen MR) is 75.9 cm³/mol. The third kappa shape index (κ3) is 2.17. The molecule has 0 bridgehead atoms. The smallest absolute Gasteiger partial charge is 0.246 e. The lowest BCUT2D eigenvalue weighted by Gasteiger charge is -2.15. The molecule has 0 aromatic heterocycles. The highest BCUT2D eigenvalue weighted by Crippen LogP contribution is 2.33. The predicted octanol–water partition coefficient (Wildman–Crippen LogP) is 3.59. The monoisotopic (exact) mass is 315 g/mol. The van der Waals surface area contributed by atoms with E-state index < -0.39 is 0 Å². The third-order valence-electron chi connectivity index (χ3n) is 2.38. The minimum atomic E-state index is -0.0175. The molecule has 1 aliphatic rings. The number of nitrogens with zero attached hydrogens (tertiary/aromatic N) is 1. The zero-order valence-electron chi connectivity index (χ0n) is 8.64. The van der Waals surface area contributed by atoms with E-state index in [4.69, 9.17) is 12.2 Å². The van der Waals surface area contributed by atoms with Gasteiger partial charge in [0.25, 0.3) is 0 Å². The van der Waals surface area contributed by atoms with Crippen LogP contribution in [-0.4, -0.2) is 15.5 Å². The first-order valence-corrected chi connectivity index (χ1v) is 7.01. The second-order valence-electron chi connectivity index (χ2n) is 3.43. The van der Waals surface area contributed by atoms with Gasteiger partial charge in [0.2, 0.25) is 5.91 Å². The van der Waals surface area contributed by atoms with Gasteiger partial charge in [-0.1, -0.05) is 46.8 Å². The summed E-state index contributed by atoms with van der Waals surface area (Å²) in [5.74, 6) is 0.0971. The standard InChI is InChI=1S/C11H10BrNOS2/c1-2-9-10(14)13(11(15)16-9)8-5-3-7(12)4-6-8/h3-6,9H,2H2,1H3. The van der Waals surface area contributed by atoms with E-state index in [1.807, 2.05) is 31.2 Å². The van der Waals surface area contributed by atoms with Crippen molar-refractivity contribution in [3.63, 3.8) is 0 Å². The Morgan fingerprint density at radius 3 is 2.56 bits per heavy atom. The number of hydrogen-bond donors (Lipinski definition) is 0. The molecule has 1 aliphatic heterocycles. The van der Waals surface area contributed by atoms with Crippen LogP contribution >= 0.6 is 39.9 Å². The maximum absolute atomic E-state index is 12.0. The van der Waals surface area contributed by atoms with Crippen LogP contribution in [0.25, 0.3) is 0 Å². The van der Waals surface area contributed by atoms with Gasteiger partial charge in [0, 0.05) is 4.47 Å². The summed E-state index contributed by atoms with van der Waals surface area (Å²) in [5.41, 5.74) is 0.849. The summed E-state index contributed by atoms with van der Waals surface area (Å²) >= 11 is 10.1. The Balaban J connectivity index is 2.31. The van der Waals surface area contributed by atoms with E-state index in [0.717, 1.165) is 16.6 Å². The molecule has 0 radical (unpaired) electrons. The van der Waals surface area contributed by atoms with Crippen LogP contribution in [0.2, 0.25) is 0 Å².